The topological polar surface area (TPSA) is 75.3 Å². The van der Waals surface area contributed by atoms with E-state index >= 15 is 0 Å². The van der Waals surface area contributed by atoms with Gasteiger partial charge >= 0.3 is 0 Å². The van der Waals surface area contributed by atoms with Crippen LogP contribution in [0.15, 0.2) is 24.3 Å². The van der Waals surface area contributed by atoms with Crippen molar-refractivity contribution in [2.24, 2.45) is 5.73 Å². The molecule has 0 spiro atoms. The SMILES string of the molecule is Cc1cccc(C(C)(C)CNC(=O)C(O)CN)c1. The fourth-order valence-corrected chi connectivity index (χ4v) is 1.70. The fraction of sp³-hybridized carbons (Fsp3) is 0.500. The summed E-state index contributed by atoms with van der Waals surface area (Å²) < 4.78 is 0. The van der Waals surface area contributed by atoms with Gasteiger partial charge in [-0.3, -0.25) is 4.79 Å². The Labute approximate surface area is 108 Å². The first-order chi connectivity index (χ1) is 8.36. The molecule has 0 radical (unpaired) electrons. The second kappa shape index (κ2) is 5.98. The first kappa shape index (κ1) is 14.7. The molecule has 1 aromatic rings. The minimum Gasteiger partial charge on any atom is -0.382 e. The summed E-state index contributed by atoms with van der Waals surface area (Å²) >= 11 is 0. The number of aliphatic hydroxyl groups is 1. The molecule has 1 unspecified atom stereocenters. The molecule has 1 atom stereocenters. The Hall–Kier alpha value is -1.39. The summed E-state index contributed by atoms with van der Waals surface area (Å²) in [5.41, 5.74) is 7.39. The Morgan fingerprint density at radius 3 is 2.72 bits per heavy atom. The van der Waals surface area contributed by atoms with E-state index in [0.717, 1.165) is 5.56 Å². The van der Waals surface area contributed by atoms with E-state index in [4.69, 9.17) is 5.73 Å². The summed E-state index contributed by atoms with van der Waals surface area (Å²) in [6.07, 6.45) is -1.13. The van der Waals surface area contributed by atoms with Crippen LogP contribution in [-0.4, -0.2) is 30.2 Å². The zero-order valence-electron chi connectivity index (χ0n) is 11.2. The average Bonchev–Trinajstić information content (AvgIpc) is 2.35. The van der Waals surface area contributed by atoms with Crippen LogP contribution < -0.4 is 11.1 Å². The highest BCUT2D eigenvalue weighted by molar-refractivity contribution is 5.80. The van der Waals surface area contributed by atoms with Gasteiger partial charge in [0.1, 0.15) is 6.10 Å². The molecule has 4 heteroatoms. The summed E-state index contributed by atoms with van der Waals surface area (Å²) in [4.78, 5) is 11.5. The summed E-state index contributed by atoms with van der Waals surface area (Å²) in [5.74, 6) is -0.418. The number of nitrogens with one attached hydrogen (secondary N) is 1. The molecule has 18 heavy (non-hydrogen) atoms. The lowest BCUT2D eigenvalue weighted by Crippen LogP contribution is -2.44. The van der Waals surface area contributed by atoms with Gasteiger partial charge in [-0.2, -0.15) is 0 Å². The van der Waals surface area contributed by atoms with Crippen molar-refractivity contribution in [1.29, 1.82) is 0 Å². The van der Waals surface area contributed by atoms with E-state index in [-0.39, 0.29) is 12.0 Å². The Balaban J connectivity index is 2.68. The zero-order chi connectivity index (χ0) is 13.8. The van der Waals surface area contributed by atoms with Crippen LogP contribution in [0.1, 0.15) is 25.0 Å². The van der Waals surface area contributed by atoms with Gasteiger partial charge in [-0.15, -0.1) is 0 Å². The van der Waals surface area contributed by atoms with Crippen molar-refractivity contribution in [3.63, 3.8) is 0 Å². The highest BCUT2D eigenvalue weighted by Gasteiger charge is 2.23. The van der Waals surface area contributed by atoms with Crippen LogP contribution in [0.5, 0.6) is 0 Å². The first-order valence-electron chi connectivity index (χ1n) is 6.10. The van der Waals surface area contributed by atoms with Gasteiger partial charge in [0.25, 0.3) is 0 Å². The van der Waals surface area contributed by atoms with E-state index in [0.29, 0.717) is 6.54 Å². The van der Waals surface area contributed by atoms with E-state index in [1.165, 1.54) is 5.56 Å². The Morgan fingerprint density at radius 1 is 1.50 bits per heavy atom. The van der Waals surface area contributed by atoms with Crippen LogP contribution in [-0.2, 0) is 10.2 Å². The molecule has 0 heterocycles. The molecule has 4 nitrogen and oxygen atoms in total. The number of aliphatic hydroxyl groups excluding tert-OH is 1. The lowest BCUT2D eigenvalue weighted by Gasteiger charge is -2.26. The number of hydrogen-bond donors (Lipinski definition) is 3. The lowest BCUT2D eigenvalue weighted by molar-refractivity contribution is -0.129. The summed E-state index contributed by atoms with van der Waals surface area (Å²) in [5, 5.41) is 12.0. The quantitative estimate of drug-likeness (QED) is 0.720. The van der Waals surface area contributed by atoms with Gasteiger partial charge in [-0.1, -0.05) is 43.7 Å². The van der Waals surface area contributed by atoms with Crippen LogP contribution >= 0.6 is 0 Å². The fourth-order valence-electron chi connectivity index (χ4n) is 1.70. The predicted octanol–water partition coefficient (Wildman–Crippen LogP) is 0.708. The average molecular weight is 250 g/mol. The standard InChI is InChI=1S/C14H22N2O2/c1-10-5-4-6-11(7-10)14(2,3)9-16-13(18)12(17)8-15/h4-7,12,17H,8-9,15H2,1-3H3,(H,16,18). The maximum atomic E-state index is 11.5. The molecule has 0 aliphatic carbocycles. The van der Waals surface area contributed by atoms with E-state index in [9.17, 15) is 9.90 Å². The number of hydrogen-bond acceptors (Lipinski definition) is 3. The number of nitrogens with two attached hydrogens (primary N) is 1. The van der Waals surface area contributed by atoms with Gasteiger partial charge in [0.2, 0.25) is 5.91 Å². The van der Waals surface area contributed by atoms with Crippen LogP contribution in [0.25, 0.3) is 0 Å². The predicted molar refractivity (Wildman–Crippen MR) is 72.3 cm³/mol. The van der Waals surface area contributed by atoms with Crippen molar-refractivity contribution in [2.45, 2.75) is 32.3 Å². The normalized spacial score (nSPS) is 13.2. The third-order valence-corrected chi connectivity index (χ3v) is 3.03. The number of carbonyl (C=O) groups is 1. The van der Waals surface area contributed by atoms with E-state index in [1.807, 2.05) is 25.1 Å². The molecule has 0 aliphatic rings. The Kier molecular flexibility index (Phi) is 4.87. The molecule has 0 aliphatic heterocycles. The van der Waals surface area contributed by atoms with Gasteiger partial charge < -0.3 is 16.2 Å². The largest absolute Gasteiger partial charge is 0.382 e. The Morgan fingerprint density at radius 2 is 2.17 bits per heavy atom. The molecule has 0 bridgehead atoms. The van der Waals surface area contributed by atoms with Crippen molar-refractivity contribution in [2.75, 3.05) is 13.1 Å². The van der Waals surface area contributed by atoms with Gasteiger partial charge in [0, 0.05) is 18.5 Å². The van der Waals surface area contributed by atoms with Gasteiger partial charge in [0.05, 0.1) is 0 Å². The van der Waals surface area contributed by atoms with Crippen LogP contribution in [0.3, 0.4) is 0 Å². The van der Waals surface area contributed by atoms with E-state index in [2.05, 4.69) is 25.2 Å². The molecule has 100 valence electrons. The number of rotatable bonds is 5. The minimum atomic E-state index is -1.13. The summed E-state index contributed by atoms with van der Waals surface area (Å²) in [6, 6.07) is 8.18. The molecular weight excluding hydrogens is 228 g/mol. The highest BCUT2D eigenvalue weighted by atomic mass is 16.3. The number of aryl methyl sites for hydroxylation is 1. The molecule has 1 amide bonds. The molecule has 4 N–H and O–H groups in total. The number of benzene rings is 1. The minimum absolute atomic E-state index is 0.0588. The third-order valence-electron chi connectivity index (χ3n) is 3.03. The number of carbonyl (C=O) groups excluding carboxylic acids is 1. The molecule has 1 aromatic carbocycles. The second-order valence-corrected chi connectivity index (χ2v) is 5.22. The molecule has 1 rings (SSSR count). The highest BCUT2D eigenvalue weighted by Crippen LogP contribution is 2.22. The van der Waals surface area contributed by atoms with Gasteiger partial charge in [0.15, 0.2) is 0 Å². The Bertz CT molecular complexity index is 416. The molecule has 0 aromatic heterocycles. The van der Waals surface area contributed by atoms with Crippen LogP contribution in [0.2, 0.25) is 0 Å². The van der Waals surface area contributed by atoms with Crippen molar-refractivity contribution >= 4 is 5.91 Å². The van der Waals surface area contributed by atoms with Gasteiger partial charge in [-0.25, -0.2) is 0 Å². The third kappa shape index (κ3) is 3.82. The number of amides is 1. The lowest BCUT2D eigenvalue weighted by atomic mass is 9.84. The maximum Gasteiger partial charge on any atom is 0.250 e. The molecular formula is C14H22N2O2. The smallest absolute Gasteiger partial charge is 0.250 e. The van der Waals surface area contributed by atoms with E-state index < -0.39 is 12.0 Å². The van der Waals surface area contributed by atoms with E-state index in [1.54, 1.807) is 0 Å². The monoisotopic (exact) mass is 250 g/mol. The molecule has 0 saturated heterocycles. The second-order valence-electron chi connectivity index (χ2n) is 5.22. The summed E-state index contributed by atoms with van der Waals surface area (Å²) in [7, 11) is 0. The van der Waals surface area contributed by atoms with Crippen molar-refractivity contribution in [3.8, 4) is 0 Å². The maximum absolute atomic E-state index is 11.5. The van der Waals surface area contributed by atoms with Crippen molar-refractivity contribution in [3.05, 3.63) is 35.4 Å². The summed E-state index contributed by atoms with van der Waals surface area (Å²) in [6.45, 7) is 6.55. The van der Waals surface area contributed by atoms with Gasteiger partial charge in [-0.05, 0) is 12.5 Å². The molecule has 0 saturated carbocycles. The van der Waals surface area contributed by atoms with Crippen molar-refractivity contribution < 1.29 is 9.90 Å². The molecule has 0 fully saturated rings. The zero-order valence-corrected chi connectivity index (χ0v) is 11.2. The first-order valence-corrected chi connectivity index (χ1v) is 6.10. The van der Waals surface area contributed by atoms with Crippen molar-refractivity contribution in [1.82, 2.24) is 5.32 Å². The van der Waals surface area contributed by atoms with Crippen LogP contribution in [0, 0.1) is 6.92 Å². The van der Waals surface area contributed by atoms with Crippen LogP contribution in [0.4, 0.5) is 0 Å².